The van der Waals surface area contributed by atoms with Crippen LogP contribution in [0.25, 0.3) is 0 Å². The van der Waals surface area contributed by atoms with E-state index in [9.17, 15) is 9.90 Å². The lowest BCUT2D eigenvalue weighted by Crippen LogP contribution is -2.45. The summed E-state index contributed by atoms with van der Waals surface area (Å²) in [6.45, 7) is 2.53. The van der Waals surface area contributed by atoms with Gasteiger partial charge in [0, 0.05) is 18.3 Å². The molecule has 0 aromatic heterocycles. The number of carbonyl (C=O) groups is 1. The van der Waals surface area contributed by atoms with Gasteiger partial charge in [0.25, 0.3) is 0 Å². The van der Waals surface area contributed by atoms with Crippen LogP contribution in [0.4, 0.5) is 4.79 Å². The quantitative estimate of drug-likeness (QED) is 0.663. The lowest BCUT2D eigenvalue weighted by Gasteiger charge is -2.36. The van der Waals surface area contributed by atoms with Crippen molar-refractivity contribution in [2.24, 2.45) is 0 Å². The molecule has 16 heavy (non-hydrogen) atoms. The number of hydrogen-bond donors (Lipinski definition) is 3. The van der Waals surface area contributed by atoms with E-state index >= 15 is 0 Å². The first-order valence-corrected chi connectivity index (χ1v) is 7.21. The number of carbonyl (C=O) groups excluding carboxylic acids is 1. The standard InChI is InChI=1S/C11H22N2O2S/c1-9(8-16-2)13-10(14)12-7-6-11(15)4-3-5-11/h9,15H,3-8H2,1-2H3,(H2,12,13,14). The molecule has 1 saturated carbocycles. The molecule has 1 aliphatic carbocycles. The minimum atomic E-state index is -0.502. The molecule has 0 saturated heterocycles. The predicted octanol–water partition coefficient (Wildman–Crippen LogP) is 1.34. The van der Waals surface area contributed by atoms with Gasteiger partial charge in [-0.25, -0.2) is 4.79 Å². The monoisotopic (exact) mass is 246 g/mol. The van der Waals surface area contributed by atoms with Gasteiger partial charge in [-0.15, -0.1) is 0 Å². The third-order valence-corrected chi connectivity index (χ3v) is 3.79. The maximum absolute atomic E-state index is 11.4. The fourth-order valence-electron chi connectivity index (χ4n) is 1.81. The van der Waals surface area contributed by atoms with Gasteiger partial charge in [0.1, 0.15) is 0 Å². The molecule has 0 radical (unpaired) electrons. The Kier molecular flexibility index (Phi) is 5.41. The lowest BCUT2D eigenvalue weighted by atomic mass is 9.78. The van der Waals surface area contributed by atoms with E-state index in [1.807, 2.05) is 13.2 Å². The summed E-state index contributed by atoms with van der Waals surface area (Å²) in [4.78, 5) is 11.4. The van der Waals surface area contributed by atoms with Crippen LogP contribution in [0, 0.1) is 0 Å². The Morgan fingerprint density at radius 1 is 1.56 bits per heavy atom. The van der Waals surface area contributed by atoms with Crippen molar-refractivity contribution < 1.29 is 9.90 Å². The molecule has 4 nitrogen and oxygen atoms in total. The molecule has 2 amide bonds. The highest BCUT2D eigenvalue weighted by Crippen LogP contribution is 2.33. The SMILES string of the molecule is CSCC(C)NC(=O)NCCC1(O)CCC1. The van der Waals surface area contributed by atoms with Crippen molar-refractivity contribution in [1.82, 2.24) is 10.6 Å². The Bertz CT molecular complexity index is 232. The Morgan fingerprint density at radius 3 is 2.75 bits per heavy atom. The molecule has 0 aromatic carbocycles. The highest BCUT2D eigenvalue weighted by atomic mass is 32.2. The van der Waals surface area contributed by atoms with Crippen molar-refractivity contribution in [2.45, 2.75) is 44.2 Å². The van der Waals surface area contributed by atoms with Gasteiger partial charge in [-0.3, -0.25) is 0 Å². The van der Waals surface area contributed by atoms with Crippen molar-refractivity contribution in [3.8, 4) is 0 Å². The highest BCUT2D eigenvalue weighted by Gasteiger charge is 2.33. The summed E-state index contributed by atoms with van der Waals surface area (Å²) in [6, 6.07) is 0.0475. The van der Waals surface area contributed by atoms with Crippen LogP contribution in [0.5, 0.6) is 0 Å². The number of thioether (sulfide) groups is 1. The van der Waals surface area contributed by atoms with Gasteiger partial charge >= 0.3 is 6.03 Å². The molecule has 1 unspecified atom stereocenters. The molecule has 0 bridgehead atoms. The van der Waals surface area contributed by atoms with Gasteiger partial charge in [-0.2, -0.15) is 11.8 Å². The van der Waals surface area contributed by atoms with E-state index in [1.54, 1.807) is 11.8 Å². The van der Waals surface area contributed by atoms with Crippen molar-refractivity contribution in [1.29, 1.82) is 0 Å². The Labute approximate surface area is 102 Å². The van der Waals surface area contributed by atoms with E-state index in [4.69, 9.17) is 0 Å². The van der Waals surface area contributed by atoms with Gasteiger partial charge in [-0.1, -0.05) is 0 Å². The largest absolute Gasteiger partial charge is 0.390 e. The fraction of sp³-hybridized carbons (Fsp3) is 0.909. The number of aliphatic hydroxyl groups is 1. The van der Waals surface area contributed by atoms with Crippen molar-refractivity contribution in [3.05, 3.63) is 0 Å². The second-order valence-corrected chi connectivity index (χ2v) is 5.50. The minimum Gasteiger partial charge on any atom is -0.390 e. The first-order chi connectivity index (χ1) is 7.56. The molecule has 0 spiro atoms. The summed E-state index contributed by atoms with van der Waals surface area (Å²) in [6.07, 6.45) is 5.53. The first kappa shape index (κ1) is 13.6. The second-order valence-electron chi connectivity index (χ2n) is 4.58. The molecule has 0 aliphatic heterocycles. The predicted molar refractivity (Wildman–Crippen MR) is 67.8 cm³/mol. The number of rotatable bonds is 6. The van der Waals surface area contributed by atoms with Crippen LogP contribution in [0.1, 0.15) is 32.6 Å². The molecular weight excluding hydrogens is 224 g/mol. The van der Waals surface area contributed by atoms with Crippen molar-refractivity contribution >= 4 is 17.8 Å². The molecule has 1 rings (SSSR count). The number of nitrogens with one attached hydrogen (secondary N) is 2. The van der Waals surface area contributed by atoms with Gasteiger partial charge < -0.3 is 15.7 Å². The maximum Gasteiger partial charge on any atom is 0.315 e. The zero-order chi connectivity index (χ0) is 12.0. The molecule has 5 heteroatoms. The summed E-state index contributed by atoms with van der Waals surface area (Å²) in [5.74, 6) is 0.914. The van der Waals surface area contributed by atoms with E-state index in [0.29, 0.717) is 13.0 Å². The van der Waals surface area contributed by atoms with E-state index in [1.165, 1.54) is 0 Å². The van der Waals surface area contributed by atoms with Crippen molar-refractivity contribution in [3.63, 3.8) is 0 Å². The third-order valence-electron chi connectivity index (χ3n) is 2.95. The zero-order valence-corrected chi connectivity index (χ0v) is 10.9. The van der Waals surface area contributed by atoms with Crippen LogP contribution in [0.2, 0.25) is 0 Å². The van der Waals surface area contributed by atoms with E-state index in [-0.39, 0.29) is 12.1 Å². The maximum atomic E-state index is 11.4. The second kappa shape index (κ2) is 6.35. The lowest BCUT2D eigenvalue weighted by molar-refractivity contribution is -0.0389. The summed E-state index contributed by atoms with van der Waals surface area (Å²) < 4.78 is 0. The summed E-state index contributed by atoms with van der Waals surface area (Å²) >= 11 is 1.71. The van der Waals surface area contributed by atoms with Crippen LogP contribution in [-0.2, 0) is 0 Å². The highest BCUT2D eigenvalue weighted by molar-refractivity contribution is 7.98. The van der Waals surface area contributed by atoms with Gasteiger partial charge in [-0.05, 0) is 38.9 Å². The van der Waals surface area contributed by atoms with Crippen LogP contribution >= 0.6 is 11.8 Å². The molecule has 1 fully saturated rings. The fourth-order valence-corrected chi connectivity index (χ4v) is 2.39. The number of amides is 2. The Morgan fingerprint density at radius 2 is 2.25 bits per heavy atom. The van der Waals surface area contributed by atoms with Crippen LogP contribution in [0.3, 0.4) is 0 Å². The summed E-state index contributed by atoms with van der Waals surface area (Å²) in [7, 11) is 0. The van der Waals surface area contributed by atoms with Gasteiger partial charge in [0.15, 0.2) is 0 Å². The smallest absolute Gasteiger partial charge is 0.315 e. The molecule has 1 aliphatic rings. The van der Waals surface area contributed by atoms with Gasteiger partial charge in [0.05, 0.1) is 5.60 Å². The third kappa shape index (κ3) is 4.61. The van der Waals surface area contributed by atoms with Crippen LogP contribution in [0.15, 0.2) is 0 Å². The van der Waals surface area contributed by atoms with Crippen LogP contribution in [-0.4, -0.2) is 41.3 Å². The Balaban J connectivity index is 2.05. The van der Waals surface area contributed by atoms with E-state index < -0.39 is 5.60 Å². The molecule has 94 valence electrons. The van der Waals surface area contributed by atoms with E-state index in [0.717, 1.165) is 25.0 Å². The zero-order valence-electron chi connectivity index (χ0n) is 10.1. The molecule has 1 atom stereocenters. The number of urea groups is 1. The molecule has 3 N–H and O–H groups in total. The molecular formula is C11H22N2O2S. The van der Waals surface area contributed by atoms with Gasteiger partial charge in [0.2, 0.25) is 0 Å². The minimum absolute atomic E-state index is 0.135. The Hall–Kier alpha value is -0.420. The molecule has 0 heterocycles. The number of hydrogen-bond acceptors (Lipinski definition) is 3. The van der Waals surface area contributed by atoms with E-state index in [2.05, 4.69) is 10.6 Å². The average Bonchev–Trinajstić information content (AvgIpc) is 2.15. The average molecular weight is 246 g/mol. The summed E-state index contributed by atoms with van der Waals surface area (Å²) in [5, 5.41) is 15.4. The molecule has 0 aromatic rings. The van der Waals surface area contributed by atoms with Crippen LogP contribution < -0.4 is 10.6 Å². The summed E-state index contributed by atoms with van der Waals surface area (Å²) in [5.41, 5.74) is -0.502. The first-order valence-electron chi connectivity index (χ1n) is 5.81. The normalized spacial score (nSPS) is 19.7. The topological polar surface area (TPSA) is 61.4 Å². The van der Waals surface area contributed by atoms with Crippen molar-refractivity contribution in [2.75, 3.05) is 18.6 Å².